The smallest absolute Gasteiger partial charge is 0.244 e. The van der Waals surface area contributed by atoms with E-state index in [1.54, 1.807) is 30.2 Å². The normalized spacial score (nSPS) is 17.7. The minimum absolute atomic E-state index is 0.0614. The van der Waals surface area contributed by atoms with Crippen molar-refractivity contribution in [2.75, 3.05) is 31.0 Å². The van der Waals surface area contributed by atoms with Gasteiger partial charge in [-0.15, -0.1) is 0 Å². The summed E-state index contributed by atoms with van der Waals surface area (Å²) >= 11 is 0. The number of carbonyl (C=O) groups is 2. The minimum atomic E-state index is -0.290. The van der Waals surface area contributed by atoms with Crippen LogP contribution in [0.15, 0.2) is 47.5 Å². The SMILES string of the molecule is COc1ccc(NC(=O)CN2C(=O)C3CCCC3=Nc3ccccc32)cc1OC. The Hall–Kier alpha value is -3.35. The Kier molecular flexibility index (Phi) is 5.20. The second-order valence-corrected chi connectivity index (χ2v) is 7.08. The van der Waals surface area contributed by atoms with Crippen molar-refractivity contribution >= 4 is 34.6 Å². The number of ether oxygens (including phenoxy) is 2. The van der Waals surface area contributed by atoms with Gasteiger partial charge in [0.25, 0.3) is 0 Å². The van der Waals surface area contributed by atoms with E-state index in [1.807, 2.05) is 24.3 Å². The van der Waals surface area contributed by atoms with Crippen LogP contribution in [0.1, 0.15) is 19.3 Å². The number of hydrogen-bond donors (Lipinski definition) is 1. The second kappa shape index (κ2) is 7.95. The Balaban J connectivity index is 1.57. The van der Waals surface area contributed by atoms with Crippen molar-refractivity contribution in [2.45, 2.75) is 19.3 Å². The van der Waals surface area contributed by atoms with Crippen LogP contribution < -0.4 is 19.7 Å². The summed E-state index contributed by atoms with van der Waals surface area (Å²) in [6, 6.07) is 12.6. The lowest BCUT2D eigenvalue weighted by atomic mass is 10.1. The van der Waals surface area contributed by atoms with Gasteiger partial charge in [0.05, 0.1) is 31.5 Å². The van der Waals surface area contributed by atoms with Gasteiger partial charge in [-0.3, -0.25) is 14.6 Å². The molecule has 7 nitrogen and oxygen atoms in total. The summed E-state index contributed by atoms with van der Waals surface area (Å²) in [4.78, 5) is 32.3. The Morgan fingerprint density at radius 1 is 1.17 bits per heavy atom. The fourth-order valence-corrected chi connectivity index (χ4v) is 3.90. The number of carbonyl (C=O) groups excluding carboxylic acids is 2. The Morgan fingerprint density at radius 2 is 1.97 bits per heavy atom. The largest absolute Gasteiger partial charge is 0.493 e. The van der Waals surface area contributed by atoms with Gasteiger partial charge in [0.15, 0.2) is 11.5 Å². The van der Waals surface area contributed by atoms with Gasteiger partial charge < -0.3 is 19.7 Å². The van der Waals surface area contributed by atoms with Crippen molar-refractivity contribution in [2.24, 2.45) is 10.9 Å². The third-order valence-electron chi connectivity index (χ3n) is 5.30. The van der Waals surface area contributed by atoms with E-state index in [1.165, 1.54) is 7.11 Å². The van der Waals surface area contributed by atoms with Crippen LogP contribution in [0, 0.1) is 5.92 Å². The molecule has 150 valence electrons. The number of amides is 2. The molecule has 29 heavy (non-hydrogen) atoms. The molecular weight excluding hydrogens is 370 g/mol. The number of hydrogen-bond acceptors (Lipinski definition) is 5. The van der Waals surface area contributed by atoms with Gasteiger partial charge in [0.2, 0.25) is 11.8 Å². The molecular formula is C22H23N3O4. The predicted octanol–water partition coefficient (Wildman–Crippen LogP) is 3.56. The summed E-state index contributed by atoms with van der Waals surface area (Å²) in [6.45, 7) is -0.0799. The molecule has 1 N–H and O–H groups in total. The van der Waals surface area contributed by atoms with Crippen LogP contribution >= 0.6 is 0 Å². The van der Waals surface area contributed by atoms with Crippen LogP contribution in [0.25, 0.3) is 0 Å². The summed E-state index contributed by atoms with van der Waals surface area (Å²) < 4.78 is 10.5. The molecule has 1 fully saturated rings. The van der Waals surface area contributed by atoms with Gasteiger partial charge in [0, 0.05) is 17.5 Å². The maximum absolute atomic E-state index is 13.2. The molecule has 0 aromatic heterocycles. The highest BCUT2D eigenvalue weighted by Gasteiger charge is 2.37. The Labute approximate surface area is 169 Å². The van der Waals surface area contributed by atoms with Crippen LogP contribution in [0.3, 0.4) is 0 Å². The molecule has 2 aromatic rings. The van der Waals surface area contributed by atoms with E-state index in [0.717, 1.165) is 30.7 Å². The van der Waals surface area contributed by atoms with Crippen molar-refractivity contribution in [3.63, 3.8) is 0 Å². The number of benzene rings is 2. The zero-order valence-electron chi connectivity index (χ0n) is 16.5. The third kappa shape index (κ3) is 3.68. The number of nitrogens with one attached hydrogen (secondary N) is 1. The van der Waals surface area contributed by atoms with E-state index in [9.17, 15) is 9.59 Å². The highest BCUT2D eigenvalue weighted by Crippen LogP contribution is 2.38. The quantitative estimate of drug-likeness (QED) is 0.842. The monoisotopic (exact) mass is 393 g/mol. The van der Waals surface area contributed by atoms with Crippen LogP contribution in [0.5, 0.6) is 11.5 Å². The molecule has 2 amide bonds. The summed E-state index contributed by atoms with van der Waals surface area (Å²) in [6.07, 6.45) is 2.55. The predicted molar refractivity (Wildman–Crippen MR) is 111 cm³/mol. The molecule has 0 saturated heterocycles. The average Bonchev–Trinajstić information content (AvgIpc) is 3.16. The molecule has 0 radical (unpaired) electrons. The van der Waals surface area contributed by atoms with Gasteiger partial charge in [-0.05, 0) is 43.5 Å². The fraction of sp³-hybridized carbons (Fsp3) is 0.318. The van der Waals surface area contributed by atoms with Crippen LogP contribution in [0.2, 0.25) is 0 Å². The molecule has 0 bridgehead atoms. The van der Waals surface area contributed by atoms with E-state index in [2.05, 4.69) is 5.32 Å². The topological polar surface area (TPSA) is 80.2 Å². The maximum Gasteiger partial charge on any atom is 0.244 e. The molecule has 7 heteroatoms. The number of para-hydroxylation sites is 2. The van der Waals surface area contributed by atoms with Crippen LogP contribution in [-0.2, 0) is 9.59 Å². The van der Waals surface area contributed by atoms with E-state index in [4.69, 9.17) is 14.5 Å². The zero-order chi connectivity index (χ0) is 20.4. The van der Waals surface area contributed by atoms with E-state index >= 15 is 0 Å². The van der Waals surface area contributed by atoms with Crippen molar-refractivity contribution in [3.05, 3.63) is 42.5 Å². The summed E-state index contributed by atoms with van der Waals surface area (Å²) in [5, 5.41) is 2.84. The number of methoxy groups -OCH3 is 2. The molecule has 1 aliphatic carbocycles. The van der Waals surface area contributed by atoms with Gasteiger partial charge in [-0.25, -0.2) is 0 Å². The van der Waals surface area contributed by atoms with Crippen molar-refractivity contribution in [1.29, 1.82) is 0 Å². The second-order valence-electron chi connectivity index (χ2n) is 7.08. The van der Waals surface area contributed by atoms with E-state index in [0.29, 0.717) is 22.9 Å². The molecule has 1 heterocycles. The number of anilines is 2. The summed E-state index contributed by atoms with van der Waals surface area (Å²) in [7, 11) is 3.09. The molecule has 2 aliphatic rings. The Morgan fingerprint density at radius 3 is 2.76 bits per heavy atom. The molecule has 1 saturated carbocycles. The van der Waals surface area contributed by atoms with Gasteiger partial charge in [-0.2, -0.15) is 0 Å². The van der Waals surface area contributed by atoms with Crippen LogP contribution in [-0.4, -0.2) is 38.3 Å². The van der Waals surface area contributed by atoms with Crippen molar-refractivity contribution in [3.8, 4) is 11.5 Å². The zero-order valence-corrected chi connectivity index (χ0v) is 16.5. The fourth-order valence-electron chi connectivity index (χ4n) is 3.90. The molecule has 2 aromatic carbocycles. The van der Waals surface area contributed by atoms with Crippen molar-refractivity contribution in [1.82, 2.24) is 0 Å². The van der Waals surface area contributed by atoms with Crippen LogP contribution in [0.4, 0.5) is 17.1 Å². The molecule has 0 spiro atoms. The molecule has 1 unspecified atom stereocenters. The first kappa shape index (κ1) is 19.0. The van der Waals surface area contributed by atoms with Crippen molar-refractivity contribution < 1.29 is 19.1 Å². The lowest BCUT2D eigenvalue weighted by Crippen LogP contribution is -2.41. The standard InChI is InChI=1S/C22H23N3O4/c1-28-19-11-10-14(12-20(19)29-2)23-21(26)13-25-18-9-4-3-7-17(18)24-16-8-5-6-15(16)22(25)27/h3-4,7,9-12,15H,5-6,8,13H2,1-2H3,(H,23,26). The third-order valence-corrected chi connectivity index (χ3v) is 5.30. The minimum Gasteiger partial charge on any atom is -0.493 e. The number of nitrogens with zero attached hydrogens (tertiary/aromatic N) is 2. The van der Waals surface area contributed by atoms with Gasteiger partial charge in [0.1, 0.15) is 6.54 Å². The summed E-state index contributed by atoms with van der Waals surface area (Å²) in [5.74, 6) is 0.505. The highest BCUT2D eigenvalue weighted by molar-refractivity contribution is 6.16. The lowest BCUT2D eigenvalue weighted by Gasteiger charge is -2.24. The average molecular weight is 393 g/mol. The highest BCUT2D eigenvalue weighted by atomic mass is 16.5. The first-order valence-electron chi connectivity index (χ1n) is 9.60. The van der Waals surface area contributed by atoms with Gasteiger partial charge >= 0.3 is 0 Å². The number of rotatable bonds is 5. The van der Waals surface area contributed by atoms with E-state index in [-0.39, 0.29) is 24.3 Å². The van der Waals surface area contributed by atoms with Gasteiger partial charge in [-0.1, -0.05) is 12.1 Å². The summed E-state index contributed by atoms with van der Waals surface area (Å²) in [5.41, 5.74) is 2.90. The van der Waals surface area contributed by atoms with E-state index < -0.39 is 0 Å². The maximum atomic E-state index is 13.2. The molecule has 1 aliphatic heterocycles. The molecule has 1 atom stereocenters. The lowest BCUT2D eigenvalue weighted by molar-refractivity contribution is -0.122. The number of fused-ring (bicyclic) bond motifs is 2. The Bertz CT molecular complexity index is 986. The number of aliphatic imine (C=N–C) groups is 1. The first-order valence-corrected chi connectivity index (χ1v) is 9.60. The first-order chi connectivity index (χ1) is 14.1. The molecule has 4 rings (SSSR count).